The molecule has 0 spiro atoms. The van der Waals surface area contributed by atoms with Crippen LogP contribution in [0.5, 0.6) is 0 Å². The SMILES string of the molecule is Cc1nnc2cc(-c3ccccc3Cl)c3ccccc3n12. The summed E-state index contributed by atoms with van der Waals surface area (Å²) in [6.07, 6.45) is 0. The monoisotopic (exact) mass is 293 g/mol. The molecule has 0 bridgehead atoms. The predicted octanol–water partition coefficient (Wildman–Crippen LogP) is 4.51. The second-order valence-electron chi connectivity index (χ2n) is 5.00. The molecule has 0 amide bonds. The van der Waals surface area contributed by atoms with Gasteiger partial charge in [-0.1, -0.05) is 48.0 Å². The Balaban J connectivity index is 2.20. The van der Waals surface area contributed by atoms with Crippen molar-refractivity contribution in [3.05, 3.63) is 65.4 Å². The molecule has 0 aliphatic rings. The van der Waals surface area contributed by atoms with Gasteiger partial charge in [0.1, 0.15) is 5.82 Å². The van der Waals surface area contributed by atoms with Crippen LogP contribution in [0.1, 0.15) is 5.82 Å². The van der Waals surface area contributed by atoms with E-state index < -0.39 is 0 Å². The third-order valence-electron chi connectivity index (χ3n) is 3.72. The molecule has 2 aromatic heterocycles. The molecule has 4 aromatic rings. The molecule has 0 fully saturated rings. The van der Waals surface area contributed by atoms with E-state index in [0.717, 1.165) is 38.5 Å². The largest absolute Gasteiger partial charge is 0.279 e. The molecule has 0 saturated carbocycles. The highest BCUT2D eigenvalue weighted by Crippen LogP contribution is 2.34. The summed E-state index contributed by atoms with van der Waals surface area (Å²) < 4.78 is 2.07. The van der Waals surface area contributed by atoms with E-state index in [2.05, 4.69) is 26.7 Å². The third-order valence-corrected chi connectivity index (χ3v) is 4.05. The average Bonchev–Trinajstić information content (AvgIpc) is 2.89. The molecular weight excluding hydrogens is 282 g/mol. The molecule has 2 aromatic carbocycles. The molecule has 0 aliphatic carbocycles. The van der Waals surface area contributed by atoms with Crippen molar-refractivity contribution in [2.75, 3.05) is 0 Å². The number of nitrogens with zero attached hydrogens (tertiary/aromatic N) is 3. The fourth-order valence-electron chi connectivity index (χ4n) is 2.78. The van der Waals surface area contributed by atoms with E-state index in [9.17, 15) is 0 Å². The maximum absolute atomic E-state index is 6.37. The van der Waals surface area contributed by atoms with Crippen molar-refractivity contribution in [1.29, 1.82) is 0 Å². The molecule has 0 radical (unpaired) electrons. The molecule has 0 unspecified atom stereocenters. The van der Waals surface area contributed by atoms with Crippen LogP contribution in [-0.4, -0.2) is 14.6 Å². The lowest BCUT2D eigenvalue weighted by Crippen LogP contribution is -1.93. The molecule has 0 saturated heterocycles. The Labute approximate surface area is 126 Å². The van der Waals surface area contributed by atoms with Crippen molar-refractivity contribution in [1.82, 2.24) is 14.6 Å². The lowest BCUT2D eigenvalue weighted by molar-refractivity contribution is 1.02. The molecular formula is C17H12ClN3. The first-order valence-electron chi connectivity index (χ1n) is 6.74. The first-order chi connectivity index (χ1) is 10.3. The van der Waals surface area contributed by atoms with E-state index in [1.54, 1.807) is 0 Å². The molecule has 4 heteroatoms. The van der Waals surface area contributed by atoms with E-state index in [1.807, 2.05) is 49.4 Å². The molecule has 21 heavy (non-hydrogen) atoms. The highest BCUT2D eigenvalue weighted by atomic mass is 35.5. The van der Waals surface area contributed by atoms with Crippen LogP contribution in [0, 0.1) is 6.92 Å². The standard InChI is InChI=1S/C17H12ClN3/c1-11-19-20-17-10-14(12-6-2-4-8-15(12)18)13-7-3-5-9-16(13)21(11)17/h2-10H,1H3. The van der Waals surface area contributed by atoms with Gasteiger partial charge in [0, 0.05) is 16.0 Å². The van der Waals surface area contributed by atoms with Crippen molar-refractivity contribution in [3.8, 4) is 11.1 Å². The Kier molecular flexibility index (Phi) is 2.69. The van der Waals surface area contributed by atoms with Gasteiger partial charge in [-0.15, -0.1) is 10.2 Å². The fraction of sp³-hybridized carbons (Fsp3) is 0.0588. The topological polar surface area (TPSA) is 30.2 Å². The number of aryl methyl sites for hydroxylation is 1. The van der Waals surface area contributed by atoms with Crippen LogP contribution in [0.2, 0.25) is 5.02 Å². The summed E-state index contributed by atoms with van der Waals surface area (Å²) >= 11 is 6.37. The van der Waals surface area contributed by atoms with Crippen LogP contribution in [0.25, 0.3) is 27.7 Å². The van der Waals surface area contributed by atoms with Crippen molar-refractivity contribution in [2.24, 2.45) is 0 Å². The van der Waals surface area contributed by atoms with Gasteiger partial charge in [-0.2, -0.15) is 0 Å². The molecule has 102 valence electrons. The van der Waals surface area contributed by atoms with Gasteiger partial charge >= 0.3 is 0 Å². The minimum atomic E-state index is 0.739. The van der Waals surface area contributed by atoms with Gasteiger partial charge in [-0.25, -0.2) is 0 Å². The number of benzene rings is 2. The average molecular weight is 294 g/mol. The Hall–Kier alpha value is -2.39. The first-order valence-corrected chi connectivity index (χ1v) is 7.12. The summed E-state index contributed by atoms with van der Waals surface area (Å²) in [5.41, 5.74) is 4.02. The van der Waals surface area contributed by atoms with Crippen LogP contribution < -0.4 is 0 Å². The highest BCUT2D eigenvalue weighted by molar-refractivity contribution is 6.33. The van der Waals surface area contributed by atoms with Crippen LogP contribution >= 0.6 is 11.6 Å². The van der Waals surface area contributed by atoms with E-state index >= 15 is 0 Å². The van der Waals surface area contributed by atoms with Gasteiger partial charge in [0.25, 0.3) is 0 Å². The Morgan fingerprint density at radius 2 is 1.67 bits per heavy atom. The van der Waals surface area contributed by atoms with E-state index in [0.29, 0.717) is 0 Å². The molecule has 0 N–H and O–H groups in total. The fourth-order valence-corrected chi connectivity index (χ4v) is 3.01. The predicted molar refractivity (Wildman–Crippen MR) is 85.7 cm³/mol. The minimum Gasteiger partial charge on any atom is -0.279 e. The van der Waals surface area contributed by atoms with Gasteiger partial charge in [0.15, 0.2) is 5.65 Å². The minimum absolute atomic E-state index is 0.739. The maximum Gasteiger partial charge on any atom is 0.161 e. The number of hydrogen-bond donors (Lipinski definition) is 0. The Morgan fingerprint density at radius 1 is 0.905 bits per heavy atom. The number of hydrogen-bond acceptors (Lipinski definition) is 2. The number of pyridine rings is 1. The number of fused-ring (bicyclic) bond motifs is 3. The summed E-state index contributed by atoms with van der Waals surface area (Å²) in [6.45, 7) is 1.96. The highest BCUT2D eigenvalue weighted by Gasteiger charge is 2.12. The van der Waals surface area contributed by atoms with Gasteiger partial charge in [0.2, 0.25) is 0 Å². The molecule has 0 aliphatic heterocycles. The van der Waals surface area contributed by atoms with Crippen molar-refractivity contribution >= 4 is 28.2 Å². The van der Waals surface area contributed by atoms with Crippen molar-refractivity contribution in [3.63, 3.8) is 0 Å². The van der Waals surface area contributed by atoms with Gasteiger partial charge in [-0.3, -0.25) is 4.40 Å². The smallest absolute Gasteiger partial charge is 0.161 e. The van der Waals surface area contributed by atoms with Crippen molar-refractivity contribution < 1.29 is 0 Å². The van der Waals surface area contributed by atoms with Crippen LogP contribution in [0.15, 0.2) is 54.6 Å². The first kappa shape index (κ1) is 12.4. The zero-order chi connectivity index (χ0) is 14.4. The molecule has 2 heterocycles. The van der Waals surface area contributed by atoms with Gasteiger partial charge < -0.3 is 0 Å². The quantitative estimate of drug-likeness (QED) is 0.517. The number of halogens is 1. The zero-order valence-corrected chi connectivity index (χ0v) is 12.2. The van der Waals surface area contributed by atoms with Crippen LogP contribution in [0.3, 0.4) is 0 Å². The second-order valence-corrected chi connectivity index (χ2v) is 5.40. The summed E-state index contributed by atoms with van der Waals surface area (Å²) in [5, 5.41) is 10.3. The van der Waals surface area contributed by atoms with E-state index in [1.165, 1.54) is 0 Å². The van der Waals surface area contributed by atoms with Gasteiger partial charge in [-0.05, 0) is 30.7 Å². The van der Waals surface area contributed by atoms with Crippen molar-refractivity contribution in [2.45, 2.75) is 6.92 Å². The Bertz CT molecular complexity index is 972. The van der Waals surface area contributed by atoms with Crippen LogP contribution in [0.4, 0.5) is 0 Å². The third kappa shape index (κ3) is 1.82. The normalized spacial score (nSPS) is 11.3. The lowest BCUT2D eigenvalue weighted by Gasteiger charge is -2.11. The van der Waals surface area contributed by atoms with E-state index in [4.69, 9.17) is 11.6 Å². The number of para-hydroxylation sites is 1. The summed E-state index contributed by atoms with van der Waals surface area (Å²) in [4.78, 5) is 0. The zero-order valence-electron chi connectivity index (χ0n) is 11.4. The molecule has 4 rings (SSSR count). The van der Waals surface area contributed by atoms with Gasteiger partial charge in [0.05, 0.1) is 5.52 Å². The van der Waals surface area contributed by atoms with E-state index in [-0.39, 0.29) is 0 Å². The number of rotatable bonds is 1. The summed E-state index contributed by atoms with van der Waals surface area (Å²) in [6, 6.07) is 18.2. The summed E-state index contributed by atoms with van der Waals surface area (Å²) in [5.74, 6) is 0.881. The molecule has 3 nitrogen and oxygen atoms in total. The second kappa shape index (κ2) is 4.57. The van der Waals surface area contributed by atoms with Crippen LogP contribution in [-0.2, 0) is 0 Å². The number of aromatic nitrogens is 3. The Morgan fingerprint density at radius 3 is 2.52 bits per heavy atom. The summed E-state index contributed by atoms with van der Waals surface area (Å²) in [7, 11) is 0. The molecule has 0 atom stereocenters. The maximum atomic E-state index is 6.37. The lowest BCUT2D eigenvalue weighted by atomic mass is 10.0.